The van der Waals surface area contributed by atoms with Crippen LogP contribution in [-0.4, -0.2) is 15.9 Å². The molecule has 4 nitrogen and oxygen atoms in total. The number of aryl methyl sites for hydroxylation is 2. The number of carbonyl (C=O) groups excluding carboxylic acids is 1. The molecule has 0 saturated heterocycles. The zero-order valence-corrected chi connectivity index (χ0v) is 10.7. The lowest BCUT2D eigenvalue weighted by atomic mass is 9.96. The molecule has 0 fully saturated rings. The first kappa shape index (κ1) is 12.0. The predicted molar refractivity (Wildman–Crippen MR) is 66.8 cm³/mol. The van der Waals surface area contributed by atoms with Crippen molar-refractivity contribution in [3.63, 3.8) is 0 Å². The van der Waals surface area contributed by atoms with E-state index in [4.69, 9.17) is 0 Å². The van der Waals surface area contributed by atoms with Crippen molar-refractivity contribution >= 4 is 11.9 Å². The van der Waals surface area contributed by atoms with Crippen LogP contribution in [0.4, 0.5) is 5.95 Å². The van der Waals surface area contributed by atoms with Gasteiger partial charge >= 0.3 is 0 Å². The number of fused-ring (bicyclic) bond motifs is 1. The van der Waals surface area contributed by atoms with Crippen LogP contribution in [-0.2, 0) is 17.6 Å². The number of rotatable bonds is 1. The predicted octanol–water partition coefficient (Wildman–Crippen LogP) is 2.34. The van der Waals surface area contributed by atoms with Crippen LogP contribution in [0, 0.1) is 5.41 Å². The number of nitrogens with one attached hydrogen (secondary N) is 1. The first-order valence-corrected chi connectivity index (χ1v) is 6.13. The standard InChI is InChI=1S/C13H19N3O/c1-13(2,3)11(17)16-12-14-8-9-6-4-5-7-10(9)15-12/h8H,4-7H2,1-3H3,(H,14,15,16,17). The Morgan fingerprint density at radius 1 is 1.29 bits per heavy atom. The van der Waals surface area contributed by atoms with Gasteiger partial charge in [-0.3, -0.25) is 10.1 Å². The summed E-state index contributed by atoms with van der Waals surface area (Å²) in [5, 5.41) is 2.77. The molecule has 1 aromatic heterocycles. The monoisotopic (exact) mass is 233 g/mol. The molecule has 0 radical (unpaired) electrons. The van der Waals surface area contributed by atoms with Crippen LogP contribution in [0.15, 0.2) is 6.20 Å². The normalized spacial score (nSPS) is 15.2. The molecule has 17 heavy (non-hydrogen) atoms. The van der Waals surface area contributed by atoms with Crippen LogP contribution >= 0.6 is 0 Å². The maximum absolute atomic E-state index is 11.8. The lowest BCUT2D eigenvalue weighted by Crippen LogP contribution is -2.28. The minimum atomic E-state index is -0.417. The fraction of sp³-hybridized carbons (Fsp3) is 0.615. The number of carbonyl (C=O) groups is 1. The molecular weight excluding hydrogens is 214 g/mol. The molecule has 1 aliphatic rings. The summed E-state index contributed by atoms with van der Waals surface area (Å²) < 4.78 is 0. The highest BCUT2D eigenvalue weighted by Crippen LogP contribution is 2.20. The highest BCUT2D eigenvalue weighted by molar-refractivity contribution is 5.92. The third kappa shape index (κ3) is 2.81. The van der Waals surface area contributed by atoms with Gasteiger partial charge in [-0.1, -0.05) is 20.8 Å². The molecule has 1 heterocycles. The Balaban J connectivity index is 2.15. The van der Waals surface area contributed by atoms with Gasteiger partial charge in [0.15, 0.2) is 0 Å². The number of hydrogen-bond acceptors (Lipinski definition) is 3. The topological polar surface area (TPSA) is 54.9 Å². The van der Waals surface area contributed by atoms with E-state index >= 15 is 0 Å². The van der Waals surface area contributed by atoms with Gasteiger partial charge in [-0.15, -0.1) is 0 Å². The first-order chi connectivity index (χ1) is 7.97. The van der Waals surface area contributed by atoms with Crippen molar-refractivity contribution in [2.75, 3.05) is 5.32 Å². The van der Waals surface area contributed by atoms with Crippen molar-refractivity contribution in [2.45, 2.75) is 46.5 Å². The van der Waals surface area contributed by atoms with E-state index in [-0.39, 0.29) is 5.91 Å². The van der Waals surface area contributed by atoms with E-state index in [2.05, 4.69) is 15.3 Å². The van der Waals surface area contributed by atoms with Crippen molar-refractivity contribution in [3.05, 3.63) is 17.5 Å². The number of amides is 1. The largest absolute Gasteiger partial charge is 0.294 e. The summed E-state index contributed by atoms with van der Waals surface area (Å²) >= 11 is 0. The minimum absolute atomic E-state index is 0.0479. The van der Waals surface area contributed by atoms with Crippen LogP contribution in [0.5, 0.6) is 0 Å². The van der Waals surface area contributed by atoms with Gasteiger partial charge in [-0.2, -0.15) is 0 Å². The van der Waals surface area contributed by atoms with Gasteiger partial charge in [-0.25, -0.2) is 9.97 Å². The highest BCUT2D eigenvalue weighted by Gasteiger charge is 2.22. The fourth-order valence-corrected chi connectivity index (χ4v) is 1.82. The second-order valence-corrected chi connectivity index (χ2v) is 5.58. The summed E-state index contributed by atoms with van der Waals surface area (Å²) in [6.45, 7) is 5.63. The molecule has 0 bridgehead atoms. The Morgan fingerprint density at radius 2 is 2.00 bits per heavy atom. The number of aromatic nitrogens is 2. The van der Waals surface area contributed by atoms with Crippen molar-refractivity contribution < 1.29 is 4.79 Å². The average molecular weight is 233 g/mol. The molecule has 0 saturated carbocycles. The van der Waals surface area contributed by atoms with E-state index in [9.17, 15) is 4.79 Å². The van der Waals surface area contributed by atoms with Crippen LogP contribution in [0.2, 0.25) is 0 Å². The zero-order valence-electron chi connectivity index (χ0n) is 10.7. The van der Waals surface area contributed by atoms with Crippen LogP contribution in [0.3, 0.4) is 0 Å². The molecule has 0 atom stereocenters. The maximum Gasteiger partial charge on any atom is 0.232 e. The summed E-state index contributed by atoms with van der Waals surface area (Å²) in [5.74, 6) is 0.388. The summed E-state index contributed by atoms with van der Waals surface area (Å²) in [4.78, 5) is 20.4. The molecule has 2 rings (SSSR count). The van der Waals surface area contributed by atoms with Gasteiger partial charge in [0.1, 0.15) is 0 Å². The summed E-state index contributed by atoms with van der Waals surface area (Å²) in [5.41, 5.74) is 1.90. The van der Waals surface area contributed by atoms with Gasteiger partial charge in [-0.05, 0) is 31.2 Å². The second-order valence-electron chi connectivity index (χ2n) is 5.58. The van der Waals surface area contributed by atoms with Crippen molar-refractivity contribution in [1.82, 2.24) is 9.97 Å². The molecule has 1 aromatic rings. The number of hydrogen-bond donors (Lipinski definition) is 1. The van der Waals surface area contributed by atoms with Gasteiger partial charge in [0.25, 0.3) is 0 Å². The number of nitrogens with zero attached hydrogens (tertiary/aromatic N) is 2. The summed E-state index contributed by atoms with van der Waals surface area (Å²) in [6.07, 6.45) is 6.29. The third-order valence-electron chi connectivity index (χ3n) is 2.97. The van der Waals surface area contributed by atoms with Gasteiger partial charge in [0.05, 0.1) is 0 Å². The Labute approximate surface area is 102 Å². The highest BCUT2D eigenvalue weighted by atomic mass is 16.2. The van der Waals surface area contributed by atoms with Crippen molar-refractivity contribution in [3.8, 4) is 0 Å². The molecular formula is C13H19N3O. The third-order valence-corrected chi connectivity index (χ3v) is 2.97. The number of anilines is 1. The van der Waals surface area contributed by atoms with Crippen molar-refractivity contribution in [2.24, 2.45) is 5.41 Å². The lowest BCUT2D eigenvalue weighted by Gasteiger charge is -2.18. The molecule has 0 spiro atoms. The van der Waals surface area contributed by atoms with E-state index in [0.717, 1.165) is 18.5 Å². The molecule has 92 valence electrons. The minimum Gasteiger partial charge on any atom is -0.294 e. The molecule has 0 aliphatic heterocycles. The van der Waals surface area contributed by atoms with Crippen LogP contribution in [0.1, 0.15) is 44.9 Å². The Kier molecular flexibility index (Phi) is 3.13. The Hall–Kier alpha value is -1.45. The van der Waals surface area contributed by atoms with Gasteiger partial charge in [0, 0.05) is 17.3 Å². The van der Waals surface area contributed by atoms with E-state index in [1.807, 2.05) is 27.0 Å². The molecule has 0 unspecified atom stereocenters. The van der Waals surface area contributed by atoms with Crippen molar-refractivity contribution in [1.29, 1.82) is 0 Å². The average Bonchev–Trinajstić information content (AvgIpc) is 2.27. The van der Waals surface area contributed by atoms with E-state index in [1.165, 1.54) is 18.4 Å². The smallest absolute Gasteiger partial charge is 0.232 e. The SMILES string of the molecule is CC(C)(C)C(=O)Nc1ncc2c(n1)CCCC2. The van der Waals surface area contributed by atoms with E-state index < -0.39 is 5.41 Å². The Morgan fingerprint density at radius 3 is 2.71 bits per heavy atom. The fourth-order valence-electron chi connectivity index (χ4n) is 1.82. The molecule has 1 aliphatic carbocycles. The van der Waals surface area contributed by atoms with E-state index in [1.54, 1.807) is 0 Å². The molecule has 1 N–H and O–H groups in total. The lowest BCUT2D eigenvalue weighted by molar-refractivity contribution is -0.123. The molecule has 0 aromatic carbocycles. The summed E-state index contributed by atoms with van der Waals surface area (Å²) in [7, 11) is 0. The molecule has 4 heteroatoms. The van der Waals surface area contributed by atoms with Gasteiger partial charge < -0.3 is 0 Å². The van der Waals surface area contributed by atoms with Crippen LogP contribution in [0.25, 0.3) is 0 Å². The van der Waals surface area contributed by atoms with Crippen LogP contribution < -0.4 is 5.32 Å². The molecule has 1 amide bonds. The first-order valence-electron chi connectivity index (χ1n) is 6.13. The summed E-state index contributed by atoms with van der Waals surface area (Å²) in [6, 6.07) is 0. The maximum atomic E-state index is 11.8. The zero-order chi connectivity index (χ0) is 12.5. The van der Waals surface area contributed by atoms with E-state index in [0.29, 0.717) is 5.95 Å². The Bertz CT molecular complexity index is 435. The van der Waals surface area contributed by atoms with Gasteiger partial charge in [0.2, 0.25) is 11.9 Å². The quantitative estimate of drug-likeness (QED) is 0.810. The second kappa shape index (κ2) is 4.43.